The van der Waals surface area contributed by atoms with E-state index in [-0.39, 0.29) is 5.97 Å². The van der Waals surface area contributed by atoms with E-state index >= 15 is 0 Å². The largest absolute Gasteiger partial charge is 0.462 e. The number of ether oxygens (including phenoxy) is 1. The van der Waals surface area contributed by atoms with Crippen molar-refractivity contribution in [2.24, 2.45) is 0 Å². The van der Waals surface area contributed by atoms with Gasteiger partial charge in [0.1, 0.15) is 4.60 Å². The lowest BCUT2D eigenvalue weighted by molar-refractivity contribution is 0.0526. The van der Waals surface area contributed by atoms with Gasteiger partial charge in [-0.25, -0.2) is 9.78 Å². The lowest BCUT2D eigenvalue weighted by atomic mass is 10.2. The van der Waals surface area contributed by atoms with Gasteiger partial charge < -0.3 is 4.74 Å². The molecular formula is C11H14BrNO2. The van der Waals surface area contributed by atoms with E-state index in [0.717, 1.165) is 18.5 Å². The van der Waals surface area contributed by atoms with Crippen LogP contribution in [0.3, 0.4) is 0 Å². The fourth-order valence-corrected chi connectivity index (χ4v) is 1.74. The average Bonchev–Trinajstić information content (AvgIpc) is 2.17. The molecule has 0 saturated carbocycles. The van der Waals surface area contributed by atoms with Gasteiger partial charge in [0, 0.05) is 5.69 Å². The second-order valence-corrected chi connectivity index (χ2v) is 3.95. The lowest BCUT2D eigenvalue weighted by Gasteiger charge is -2.04. The summed E-state index contributed by atoms with van der Waals surface area (Å²) in [4.78, 5) is 15.8. The van der Waals surface area contributed by atoms with Gasteiger partial charge in [-0.1, -0.05) is 13.3 Å². The Bertz CT molecular complexity index is 352. The molecule has 0 spiro atoms. The van der Waals surface area contributed by atoms with Crippen LogP contribution in [0.25, 0.3) is 0 Å². The third kappa shape index (κ3) is 3.63. The van der Waals surface area contributed by atoms with E-state index in [2.05, 4.69) is 27.8 Å². The van der Waals surface area contributed by atoms with Crippen LogP contribution >= 0.6 is 15.9 Å². The molecule has 0 atom stereocenters. The predicted molar refractivity (Wildman–Crippen MR) is 61.9 cm³/mol. The molecule has 0 bridgehead atoms. The van der Waals surface area contributed by atoms with E-state index in [9.17, 15) is 4.79 Å². The Kier molecular flexibility index (Phi) is 4.75. The SMILES string of the molecule is CCCc1cc(C(=O)OCC)cc(Br)n1. The maximum atomic E-state index is 11.5. The van der Waals surface area contributed by atoms with E-state index in [4.69, 9.17) is 4.74 Å². The molecule has 4 heteroatoms. The van der Waals surface area contributed by atoms with Gasteiger partial charge in [-0.3, -0.25) is 0 Å². The Morgan fingerprint density at radius 3 is 2.80 bits per heavy atom. The third-order valence-corrected chi connectivity index (χ3v) is 2.27. The molecule has 15 heavy (non-hydrogen) atoms. The summed E-state index contributed by atoms with van der Waals surface area (Å²) in [5, 5.41) is 0. The van der Waals surface area contributed by atoms with Gasteiger partial charge >= 0.3 is 5.97 Å². The molecule has 0 aromatic carbocycles. The summed E-state index contributed by atoms with van der Waals surface area (Å²) < 4.78 is 5.61. The van der Waals surface area contributed by atoms with Crippen LogP contribution in [-0.4, -0.2) is 17.6 Å². The zero-order chi connectivity index (χ0) is 11.3. The number of aromatic nitrogens is 1. The second-order valence-electron chi connectivity index (χ2n) is 3.14. The Labute approximate surface area is 98.0 Å². The van der Waals surface area contributed by atoms with Crippen molar-refractivity contribution in [3.8, 4) is 0 Å². The first-order valence-electron chi connectivity index (χ1n) is 5.01. The number of halogens is 1. The van der Waals surface area contributed by atoms with E-state index in [0.29, 0.717) is 16.8 Å². The molecule has 0 aliphatic carbocycles. The fourth-order valence-electron chi connectivity index (χ4n) is 1.27. The molecule has 0 N–H and O–H groups in total. The quantitative estimate of drug-likeness (QED) is 0.624. The number of rotatable bonds is 4. The Hall–Kier alpha value is -0.900. The highest BCUT2D eigenvalue weighted by atomic mass is 79.9. The number of pyridine rings is 1. The molecule has 3 nitrogen and oxygen atoms in total. The summed E-state index contributed by atoms with van der Waals surface area (Å²) in [6, 6.07) is 3.46. The minimum Gasteiger partial charge on any atom is -0.462 e. The Morgan fingerprint density at radius 2 is 2.20 bits per heavy atom. The minimum absolute atomic E-state index is 0.294. The highest BCUT2D eigenvalue weighted by Gasteiger charge is 2.09. The number of esters is 1. The first-order chi connectivity index (χ1) is 7.17. The smallest absolute Gasteiger partial charge is 0.338 e. The molecule has 0 aliphatic rings. The molecule has 1 aromatic heterocycles. The van der Waals surface area contributed by atoms with Crippen LogP contribution in [0.15, 0.2) is 16.7 Å². The van der Waals surface area contributed by atoms with Crippen molar-refractivity contribution in [1.29, 1.82) is 0 Å². The van der Waals surface area contributed by atoms with Gasteiger partial charge in [-0.2, -0.15) is 0 Å². The van der Waals surface area contributed by atoms with Crippen LogP contribution in [0.4, 0.5) is 0 Å². The number of carbonyl (C=O) groups is 1. The number of hydrogen-bond donors (Lipinski definition) is 0. The van der Waals surface area contributed by atoms with Crippen LogP contribution in [0.5, 0.6) is 0 Å². The molecule has 1 heterocycles. The molecule has 82 valence electrons. The van der Waals surface area contributed by atoms with E-state index in [1.165, 1.54) is 0 Å². The summed E-state index contributed by atoms with van der Waals surface area (Å²) in [5.74, 6) is -0.294. The maximum Gasteiger partial charge on any atom is 0.338 e. The monoisotopic (exact) mass is 271 g/mol. The summed E-state index contributed by atoms with van der Waals surface area (Å²) in [6.45, 7) is 4.26. The maximum absolute atomic E-state index is 11.5. The summed E-state index contributed by atoms with van der Waals surface area (Å²) >= 11 is 3.28. The fraction of sp³-hybridized carbons (Fsp3) is 0.455. The Balaban J connectivity index is 2.92. The predicted octanol–water partition coefficient (Wildman–Crippen LogP) is 2.97. The molecule has 1 rings (SSSR count). The van der Waals surface area contributed by atoms with Gasteiger partial charge in [0.05, 0.1) is 12.2 Å². The zero-order valence-corrected chi connectivity index (χ0v) is 10.5. The van der Waals surface area contributed by atoms with Crippen LogP contribution < -0.4 is 0 Å². The van der Waals surface area contributed by atoms with Gasteiger partial charge in [0.2, 0.25) is 0 Å². The minimum atomic E-state index is -0.294. The van der Waals surface area contributed by atoms with Gasteiger partial charge in [-0.05, 0) is 41.4 Å². The molecule has 0 aliphatic heterocycles. The average molecular weight is 272 g/mol. The summed E-state index contributed by atoms with van der Waals surface area (Å²) in [5.41, 5.74) is 1.47. The topological polar surface area (TPSA) is 39.2 Å². The van der Waals surface area contributed by atoms with E-state index in [1.807, 2.05) is 0 Å². The number of aryl methyl sites for hydroxylation is 1. The molecule has 0 fully saturated rings. The number of carbonyl (C=O) groups excluding carboxylic acids is 1. The third-order valence-electron chi connectivity index (χ3n) is 1.86. The normalized spacial score (nSPS) is 10.1. The lowest BCUT2D eigenvalue weighted by Crippen LogP contribution is -2.06. The van der Waals surface area contributed by atoms with E-state index in [1.54, 1.807) is 19.1 Å². The molecular weight excluding hydrogens is 258 g/mol. The van der Waals surface area contributed by atoms with E-state index < -0.39 is 0 Å². The zero-order valence-electron chi connectivity index (χ0n) is 8.92. The van der Waals surface area contributed by atoms with Crippen LogP contribution in [0, 0.1) is 0 Å². The van der Waals surface area contributed by atoms with Gasteiger partial charge in [-0.15, -0.1) is 0 Å². The first kappa shape index (κ1) is 12.2. The van der Waals surface area contributed by atoms with Crippen LogP contribution in [-0.2, 0) is 11.2 Å². The molecule has 0 amide bonds. The van der Waals surface area contributed by atoms with Crippen molar-refractivity contribution in [3.05, 3.63) is 28.0 Å². The molecule has 0 saturated heterocycles. The van der Waals surface area contributed by atoms with Crippen molar-refractivity contribution >= 4 is 21.9 Å². The summed E-state index contributed by atoms with van der Waals surface area (Å²) in [7, 11) is 0. The van der Waals surface area contributed by atoms with Crippen molar-refractivity contribution in [2.45, 2.75) is 26.7 Å². The number of nitrogens with zero attached hydrogens (tertiary/aromatic N) is 1. The highest BCUT2D eigenvalue weighted by molar-refractivity contribution is 9.10. The van der Waals surface area contributed by atoms with Crippen molar-refractivity contribution in [2.75, 3.05) is 6.61 Å². The molecule has 1 aromatic rings. The summed E-state index contributed by atoms with van der Waals surface area (Å²) in [6.07, 6.45) is 1.87. The van der Waals surface area contributed by atoms with Crippen molar-refractivity contribution in [1.82, 2.24) is 4.98 Å². The van der Waals surface area contributed by atoms with Crippen molar-refractivity contribution in [3.63, 3.8) is 0 Å². The van der Waals surface area contributed by atoms with Crippen molar-refractivity contribution < 1.29 is 9.53 Å². The van der Waals surface area contributed by atoms with Crippen LogP contribution in [0.2, 0.25) is 0 Å². The molecule has 0 unspecified atom stereocenters. The van der Waals surface area contributed by atoms with Gasteiger partial charge in [0.15, 0.2) is 0 Å². The Morgan fingerprint density at radius 1 is 1.47 bits per heavy atom. The number of hydrogen-bond acceptors (Lipinski definition) is 3. The second kappa shape index (κ2) is 5.85. The standard InChI is InChI=1S/C11H14BrNO2/c1-3-5-9-6-8(7-10(12)13-9)11(14)15-4-2/h6-7H,3-5H2,1-2H3. The van der Waals surface area contributed by atoms with Gasteiger partial charge in [0.25, 0.3) is 0 Å². The van der Waals surface area contributed by atoms with Crippen LogP contribution in [0.1, 0.15) is 36.3 Å². The molecule has 0 radical (unpaired) electrons. The first-order valence-corrected chi connectivity index (χ1v) is 5.80. The highest BCUT2D eigenvalue weighted by Crippen LogP contribution is 2.13.